The van der Waals surface area contributed by atoms with E-state index < -0.39 is 0 Å². The lowest BCUT2D eigenvalue weighted by molar-refractivity contribution is 0.435. The van der Waals surface area contributed by atoms with Crippen molar-refractivity contribution in [3.05, 3.63) is 48.0 Å². The van der Waals surface area contributed by atoms with Crippen molar-refractivity contribution in [1.29, 1.82) is 0 Å². The van der Waals surface area contributed by atoms with E-state index in [0.717, 1.165) is 11.9 Å². The Balaban J connectivity index is 2.17. The molecule has 96 valence electrons. The van der Waals surface area contributed by atoms with Crippen LogP contribution in [-0.2, 0) is 6.54 Å². The molecule has 0 fully saturated rings. The minimum atomic E-state index is 0.518. The van der Waals surface area contributed by atoms with E-state index in [-0.39, 0.29) is 0 Å². The van der Waals surface area contributed by atoms with E-state index in [1.54, 1.807) is 0 Å². The van der Waals surface area contributed by atoms with E-state index in [0.29, 0.717) is 12.0 Å². The first-order valence-electron chi connectivity index (χ1n) is 6.48. The molecule has 2 heteroatoms. The van der Waals surface area contributed by atoms with Crippen molar-refractivity contribution >= 4 is 26.7 Å². The number of fused-ring (bicyclic) bond motifs is 1. The van der Waals surface area contributed by atoms with Crippen molar-refractivity contribution in [2.45, 2.75) is 26.4 Å². The number of benzene rings is 2. The third-order valence-electron chi connectivity index (χ3n) is 3.41. The standard InChI is InChI=1S/C16H20BrN/c1-12(2)16(10-17)18-11-14-8-5-7-13-6-3-4-9-15(13)14/h3-9,12,16,18H,10-11H2,1-2H3. The smallest absolute Gasteiger partial charge is 0.0214 e. The fourth-order valence-electron chi connectivity index (χ4n) is 2.16. The maximum atomic E-state index is 3.63. The summed E-state index contributed by atoms with van der Waals surface area (Å²) in [6, 6.07) is 15.6. The first kappa shape index (κ1) is 13.6. The highest BCUT2D eigenvalue weighted by Crippen LogP contribution is 2.18. The molecule has 18 heavy (non-hydrogen) atoms. The van der Waals surface area contributed by atoms with Gasteiger partial charge in [-0.3, -0.25) is 0 Å². The quantitative estimate of drug-likeness (QED) is 0.810. The van der Waals surface area contributed by atoms with Crippen LogP contribution in [0.1, 0.15) is 19.4 Å². The van der Waals surface area contributed by atoms with Gasteiger partial charge in [0, 0.05) is 17.9 Å². The van der Waals surface area contributed by atoms with Gasteiger partial charge in [-0.25, -0.2) is 0 Å². The van der Waals surface area contributed by atoms with Gasteiger partial charge in [-0.05, 0) is 22.3 Å². The molecule has 0 amide bonds. The van der Waals surface area contributed by atoms with E-state index in [4.69, 9.17) is 0 Å². The number of halogens is 1. The second-order valence-electron chi connectivity index (χ2n) is 5.02. The van der Waals surface area contributed by atoms with Crippen LogP contribution >= 0.6 is 15.9 Å². The lowest BCUT2D eigenvalue weighted by Gasteiger charge is -2.20. The molecule has 2 rings (SSSR count). The Morgan fingerprint density at radius 2 is 1.78 bits per heavy atom. The second-order valence-corrected chi connectivity index (χ2v) is 5.67. The van der Waals surface area contributed by atoms with Gasteiger partial charge in [-0.1, -0.05) is 72.2 Å². The Morgan fingerprint density at radius 3 is 2.50 bits per heavy atom. The number of nitrogens with one attached hydrogen (secondary N) is 1. The third-order valence-corrected chi connectivity index (χ3v) is 4.10. The Bertz CT molecular complexity index is 502. The zero-order chi connectivity index (χ0) is 13.0. The third kappa shape index (κ3) is 3.12. The summed E-state index contributed by atoms with van der Waals surface area (Å²) in [5.41, 5.74) is 1.37. The molecule has 1 N–H and O–H groups in total. The lowest BCUT2D eigenvalue weighted by Crippen LogP contribution is -2.34. The molecule has 0 spiro atoms. The van der Waals surface area contributed by atoms with Crippen LogP contribution in [0.4, 0.5) is 0 Å². The number of rotatable bonds is 5. The summed E-state index contributed by atoms with van der Waals surface area (Å²) in [7, 11) is 0. The molecule has 2 aromatic rings. The maximum absolute atomic E-state index is 3.63. The molecule has 0 saturated heterocycles. The van der Waals surface area contributed by atoms with Crippen molar-refractivity contribution < 1.29 is 0 Å². The molecule has 0 radical (unpaired) electrons. The Labute approximate surface area is 118 Å². The van der Waals surface area contributed by atoms with Crippen molar-refractivity contribution in [3.8, 4) is 0 Å². The maximum Gasteiger partial charge on any atom is 0.0214 e. The molecule has 1 nitrogen and oxygen atoms in total. The molecule has 0 aliphatic carbocycles. The highest BCUT2D eigenvalue weighted by molar-refractivity contribution is 9.09. The predicted octanol–water partition coefficient (Wildman–Crippen LogP) is 4.35. The summed E-state index contributed by atoms with van der Waals surface area (Å²) in [4.78, 5) is 0. The van der Waals surface area contributed by atoms with Crippen LogP contribution in [0.3, 0.4) is 0 Å². The Kier molecular flexibility index (Phi) is 4.79. The molecule has 0 heterocycles. The second kappa shape index (κ2) is 6.35. The molecule has 2 aromatic carbocycles. The van der Waals surface area contributed by atoms with Gasteiger partial charge in [-0.15, -0.1) is 0 Å². The summed E-state index contributed by atoms with van der Waals surface area (Å²) in [6.07, 6.45) is 0. The Hall–Kier alpha value is -0.860. The van der Waals surface area contributed by atoms with Crippen molar-refractivity contribution in [2.24, 2.45) is 5.92 Å². The van der Waals surface area contributed by atoms with Crippen LogP contribution in [0.5, 0.6) is 0 Å². The highest BCUT2D eigenvalue weighted by Gasteiger charge is 2.11. The molecule has 1 atom stereocenters. The van der Waals surface area contributed by atoms with Crippen LogP contribution in [0.15, 0.2) is 42.5 Å². The summed E-state index contributed by atoms with van der Waals surface area (Å²) >= 11 is 3.58. The molecule has 0 bridgehead atoms. The zero-order valence-corrected chi connectivity index (χ0v) is 12.6. The Morgan fingerprint density at radius 1 is 1.06 bits per heavy atom. The van der Waals surface area contributed by atoms with Gasteiger partial charge in [0.1, 0.15) is 0 Å². The van der Waals surface area contributed by atoms with E-state index in [1.165, 1.54) is 16.3 Å². The van der Waals surface area contributed by atoms with Crippen LogP contribution in [0.2, 0.25) is 0 Å². The van der Waals surface area contributed by atoms with E-state index in [9.17, 15) is 0 Å². The molecular weight excluding hydrogens is 286 g/mol. The van der Waals surface area contributed by atoms with Crippen molar-refractivity contribution in [2.75, 3.05) is 5.33 Å². The van der Waals surface area contributed by atoms with Gasteiger partial charge in [0.15, 0.2) is 0 Å². The van der Waals surface area contributed by atoms with Gasteiger partial charge in [-0.2, -0.15) is 0 Å². The summed E-state index contributed by atoms with van der Waals surface area (Å²) < 4.78 is 0. The van der Waals surface area contributed by atoms with Crippen LogP contribution < -0.4 is 5.32 Å². The average Bonchev–Trinajstić information content (AvgIpc) is 2.39. The largest absolute Gasteiger partial charge is 0.309 e. The SMILES string of the molecule is CC(C)C(CBr)NCc1cccc2ccccc12. The minimum absolute atomic E-state index is 0.518. The van der Waals surface area contributed by atoms with Gasteiger partial charge in [0.25, 0.3) is 0 Å². The molecular formula is C16H20BrN. The minimum Gasteiger partial charge on any atom is -0.309 e. The normalized spacial score (nSPS) is 13.1. The topological polar surface area (TPSA) is 12.0 Å². The first-order chi connectivity index (χ1) is 8.72. The number of hydrogen-bond donors (Lipinski definition) is 1. The fraction of sp³-hybridized carbons (Fsp3) is 0.375. The monoisotopic (exact) mass is 305 g/mol. The first-order valence-corrected chi connectivity index (χ1v) is 7.60. The molecule has 1 unspecified atom stereocenters. The van der Waals surface area contributed by atoms with Gasteiger partial charge < -0.3 is 5.32 Å². The molecule has 0 aliphatic heterocycles. The van der Waals surface area contributed by atoms with Crippen LogP contribution in [-0.4, -0.2) is 11.4 Å². The zero-order valence-electron chi connectivity index (χ0n) is 11.0. The summed E-state index contributed by atoms with van der Waals surface area (Å²) in [5.74, 6) is 0.638. The van der Waals surface area contributed by atoms with Gasteiger partial charge in [0.05, 0.1) is 0 Å². The van der Waals surface area contributed by atoms with Crippen molar-refractivity contribution in [3.63, 3.8) is 0 Å². The summed E-state index contributed by atoms with van der Waals surface area (Å²) in [6.45, 7) is 5.43. The summed E-state index contributed by atoms with van der Waals surface area (Å²) in [5, 5.41) is 7.29. The lowest BCUT2D eigenvalue weighted by atomic mass is 10.0. The fourth-order valence-corrected chi connectivity index (χ4v) is 3.13. The van der Waals surface area contributed by atoms with E-state index >= 15 is 0 Å². The van der Waals surface area contributed by atoms with Crippen LogP contribution in [0, 0.1) is 5.92 Å². The molecule has 0 aliphatic rings. The highest BCUT2D eigenvalue weighted by atomic mass is 79.9. The predicted molar refractivity (Wildman–Crippen MR) is 83.2 cm³/mol. The van der Waals surface area contributed by atoms with Gasteiger partial charge >= 0.3 is 0 Å². The van der Waals surface area contributed by atoms with E-state index in [2.05, 4.69) is 77.6 Å². The van der Waals surface area contributed by atoms with Gasteiger partial charge in [0.2, 0.25) is 0 Å². The van der Waals surface area contributed by atoms with Crippen LogP contribution in [0.25, 0.3) is 10.8 Å². The number of alkyl halides is 1. The van der Waals surface area contributed by atoms with Crippen molar-refractivity contribution in [1.82, 2.24) is 5.32 Å². The molecule has 0 saturated carbocycles. The number of hydrogen-bond acceptors (Lipinski definition) is 1. The van der Waals surface area contributed by atoms with E-state index in [1.807, 2.05) is 0 Å². The average molecular weight is 306 g/mol. The molecule has 0 aromatic heterocycles.